The van der Waals surface area contributed by atoms with E-state index < -0.39 is 0 Å². The van der Waals surface area contributed by atoms with Crippen molar-refractivity contribution >= 4 is 23.2 Å². The van der Waals surface area contributed by atoms with Crippen LogP contribution in [0.25, 0.3) is 0 Å². The van der Waals surface area contributed by atoms with E-state index in [0.29, 0.717) is 12.1 Å². The first-order chi connectivity index (χ1) is 7.17. The molecule has 78 valence electrons. The molecule has 1 N–H and O–H groups in total. The van der Waals surface area contributed by atoms with E-state index in [-0.39, 0.29) is 16.8 Å². The van der Waals surface area contributed by atoms with E-state index in [9.17, 15) is 4.79 Å². The zero-order chi connectivity index (χ0) is 11.3. The molecule has 0 aliphatic rings. The van der Waals surface area contributed by atoms with Crippen LogP contribution in [-0.4, -0.2) is 10.9 Å². The van der Waals surface area contributed by atoms with Crippen LogP contribution >= 0.6 is 11.6 Å². The molecular weight excluding hydrogens is 214 g/mol. The lowest BCUT2D eigenvalue weighted by molar-refractivity contribution is -0.116. The molecule has 0 radical (unpaired) electrons. The van der Waals surface area contributed by atoms with Crippen molar-refractivity contribution < 1.29 is 4.79 Å². The number of rotatable bonds is 3. The van der Waals surface area contributed by atoms with Crippen molar-refractivity contribution in [3.63, 3.8) is 0 Å². The number of carbonyl (C=O) groups is 1. The van der Waals surface area contributed by atoms with E-state index >= 15 is 0 Å². The third-order valence-electron chi connectivity index (χ3n) is 1.72. The Labute approximate surface area is 92.9 Å². The van der Waals surface area contributed by atoms with Gasteiger partial charge in [-0.25, -0.2) is 4.98 Å². The normalized spacial score (nSPS) is 9.40. The highest BCUT2D eigenvalue weighted by atomic mass is 35.5. The van der Waals surface area contributed by atoms with Gasteiger partial charge < -0.3 is 5.32 Å². The number of pyridine rings is 1. The summed E-state index contributed by atoms with van der Waals surface area (Å²) in [5.74, 6) is -0.127. The molecule has 1 heterocycles. The minimum atomic E-state index is -0.127. The largest absolute Gasteiger partial charge is 0.324 e. The van der Waals surface area contributed by atoms with Gasteiger partial charge in [0.25, 0.3) is 0 Å². The van der Waals surface area contributed by atoms with E-state index in [1.165, 1.54) is 6.07 Å². The van der Waals surface area contributed by atoms with E-state index in [4.69, 9.17) is 16.9 Å². The molecule has 1 aromatic heterocycles. The Hall–Kier alpha value is -1.60. The van der Waals surface area contributed by atoms with E-state index in [2.05, 4.69) is 10.3 Å². The van der Waals surface area contributed by atoms with Crippen LogP contribution in [0.5, 0.6) is 0 Å². The monoisotopic (exact) mass is 223 g/mol. The molecule has 0 aliphatic carbocycles. The lowest BCUT2D eigenvalue weighted by Gasteiger charge is -2.05. The maximum atomic E-state index is 11.3. The Morgan fingerprint density at radius 3 is 3.00 bits per heavy atom. The number of halogens is 1. The van der Waals surface area contributed by atoms with Crippen molar-refractivity contribution in [1.82, 2.24) is 4.98 Å². The third kappa shape index (κ3) is 3.22. The van der Waals surface area contributed by atoms with Gasteiger partial charge in [0.15, 0.2) is 5.69 Å². The second-order valence-corrected chi connectivity index (χ2v) is 3.33. The van der Waals surface area contributed by atoms with Crippen LogP contribution in [0.3, 0.4) is 0 Å². The van der Waals surface area contributed by atoms with Gasteiger partial charge in [-0.3, -0.25) is 4.79 Å². The number of nitrogens with one attached hydrogen (secondary N) is 1. The Morgan fingerprint density at radius 2 is 2.40 bits per heavy atom. The predicted molar refractivity (Wildman–Crippen MR) is 57.5 cm³/mol. The van der Waals surface area contributed by atoms with E-state index in [1.807, 2.05) is 13.0 Å². The molecule has 15 heavy (non-hydrogen) atoms. The summed E-state index contributed by atoms with van der Waals surface area (Å²) in [6, 6.07) is 4.98. The average Bonchev–Trinajstić information content (AvgIpc) is 2.21. The Morgan fingerprint density at radius 1 is 1.67 bits per heavy atom. The SMILES string of the molecule is CCCC(=O)Nc1ccc(Cl)nc1C#N. The molecule has 0 saturated heterocycles. The zero-order valence-electron chi connectivity index (χ0n) is 8.25. The molecule has 0 aliphatic heterocycles. The number of nitrogens with zero attached hydrogens (tertiary/aromatic N) is 2. The smallest absolute Gasteiger partial charge is 0.224 e. The molecule has 4 nitrogen and oxygen atoms in total. The molecule has 0 saturated carbocycles. The summed E-state index contributed by atoms with van der Waals surface area (Å²) >= 11 is 5.62. The quantitative estimate of drug-likeness (QED) is 0.800. The van der Waals surface area contributed by atoms with Crippen LogP contribution in [0.4, 0.5) is 5.69 Å². The highest BCUT2D eigenvalue weighted by Gasteiger charge is 2.07. The molecule has 1 aromatic rings. The minimum absolute atomic E-state index is 0.127. The van der Waals surface area contributed by atoms with Gasteiger partial charge in [0.2, 0.25) is 5.91 Å². The van der Waals surface area contributed by atoms with E-state index in [0.717, 1.165) is 6.42 Å². The first-order valence-electron chi connectivity index (χ1n) is 4.54. The number of carbonyl (C=O) groups excluding carboxylic acids is 1. The first kappa shape index (κ1) is 11.5. The molecule has 5 heteroatoms. The molecule has 0 spiro atoms. The van der Waals surface area contributed by atoms with Crippen LogP contribution in [-0.2, 0) is 4.79 Å². The number of aromatic nitrogens is 1. The van der Waals surface area contributed by atoms with Gasteiger partial charge in [-0.2, -0.15) is 5.26 Å². The lowest BCUT2D eigenvalue weighted by atomic mass is 10.2. The standard InChI is InChI=1S/C10H10ClN3O/c1-2-3-10(15)14-7-4-5-9(11)13-8(7)6-12/h4-5H,2-3H2,1H3,(H,14,15). The van der Waals surface area contributed by atoms with E-state index in [1.54, 1.807) is 6.07 Å². The van der Waals surface area contributed by atoms with Gasteiger partial charge in [-0.1, -0.05) is 18.5 Å². The average molecular weight is 224 g/mol. The molecule has 1 amide bonds. The van der Waals surface area contributed by atoms with Gasteiger partial charge >= 0.3 is 0 Å². The molecule has 0 aromatic carbocycles. The second-order valence-electron chi connectivity index (χ2n) is 2.94. The minimum Gasteiger partial charge on any atom is -0.324 e. The summed E-state index contributed by atoms with van der Waals surface area (Å²) in [5.41, 5.74) is 0.535. The summed E-state index contributed by atoms with van der Waals surface area (Å²) in [7, 11) is 0. The van der Waals surface area contributed by atoms with Gasteiger partial charge in [-0.05, 0) is 18.6 Å². The molecular formula is C10H10ClN3O. The van der Waals surface area contributed by atoms with Crippen molar-refractivity contribution in [2.45, 2.75) is 19.8 Å². The summed E-state index contributed by atoms with van der Waals surface area (Å²) in [4.78, 5) is 15.1. The molecule has 0 fully saturated rings. The number of nitriles is 1. The molecule has 1 rings (SSSR count). The Balaban J connectivity index is 2.86. The summed E-state index contributed by atoms with van der Waals surface area (Å²) in [6.45, 7) is 1.91. The highest BCUT2D eigenvalue weighted by Crippen LogP contribution is 2.16. The predicted octanol–water partition coefficient (Wildman–Crippen LogP) is 2.35. The van der Waals surface area contributed by atoms with Crippen LogP contribution < -0.4 is 5.32 Å². The van der Waals surface area contributed by atoms with Crippen molar-refractivity contribution in [1.29, 1.82) is 5.26 Å². The zero-order valence-corrected chi connectivity index (χ0v) is 9.01. The Kier molecular flexibility index (Phi) is 4.07. The van der Waals surface area contributed by atoms with Gasteiger partial charge in [-0.15, -0.1) is 0 Å². The van der Waals surface area contributed by atoms with Crippen LogP contribution in [0.1, 0.15) is 25.5 Å². The first-order valence-corrected chi connectivity index (χ1v) is 4.91. The fraction of sp³-hybridized carbons (Fsp3) is 0.300. The highest BCUT2D eigenvalue weighted by molar-refractivity contribution is 6.29. The molecule has 0 atom stereocenters. The number of anilines is 1. The maximum absolute atomic E-state index is 11.3. The maximum Gasteiger partial charge on any atom is 0.224 e. The topological polar surface area (TPSA) is 65.8 Å². The summed E-state index contributed by atoms with van der Waals surface area (Å²) in [6.07, 6.45) is 1.18. The number of hydrogen-bond acceptors (Lipinski definition) is 3. The summed E-state index contributed by atoms with van der Waals surface area (Å²) < 4.78 is 0. The molecule has 0 bridgehead atoms. The number of amides is 1. The van der Waals surface area contributed by atoms with Crippen molar-refractivity contribution in [3.05, 3.63) is 23.0 Å². The third-order valence-corrected chi connectivity index (χ3v) is 1.93. The lowest BCUT2D eigenvalue weighted by Crippen LogP contribution is -2.12. The van der Waals surface area contributed by atoms with Crippen molar-refractivity contribution in [2.75, 3.05) is 5.32 Å². The summed E-state index contributed by atoms with van der Waals surface area (Å²) in [5, 5.41) is 11.6. The molecule has 0 unspecified atom stereocenters. The van der Waals surface area contributed by atoms with Gasteiger partial charge in [0.1, 0.15) is 11.2 Å². The second kappa shape index (κ2) is 5.32. The fourth-order valence-electron chi connectivity index (χ4n) is 1.06. The van der Waals surface area contributed by atoms with Crippen molar-refractivity contribution in [3.8, 4) is 6.07 Å². The van der Waals surface area contributed by atoms with Crippen LogP contribution in [0.15, 0.2) is 12.1 Å². The van der Waals surface area contributed by atoms with Crippen LogP contribution in [0.2, 0.25) is 5.15 Å². The van der Waals surface area contributed by atoms with Crippen LogP contribution in [0, 0.1) is 11.3 Å². The fourth-order valence-corrected chi connectivity index (χ4v) is 1.21. The number of hydrogen-bond donors (Lipinski definition) is 1. The van der Waals surface area contributed by atoms with Crippen molar-refractivity contribution in [2.24, 2.45) is 0 Å². The Bertz CT molecular complexity index is 412. The van der Waals surface area contributed by atoms with Gasteiger partial charge in [0.05, 0.1) is 5.69 Å². The van der Waals surface area contributed by atoms with Gasteiger partial charge in [0, 0.05) is 6.42 Å².